The SMILES string of the molecule is CCCNC(=O)C1(C[C@H](O)[C@H](Cc2ccccc2)NC(=O)C[C@H](NC(=O)COc2ccccc2)C(=O)O)C[C@H]1C. The summed E-state index contributed by atoms with van der Waals surface area (Å²) >= 11 is 0. The number of aliphatic carboxylic acids is 1. The first-order valence-electron chi connectivity index (χ1n) is 13.6. The Hall–Kier alpha value is -3.92. The van der Waals surface area contributed by atoms with Gasteiger partial charge in [-0.2, -0.15) is 0 Å². The molecule has 1 unspecified atom stereocenters. The second-order valence-electron chi connectivity index (χ2n) is 10.4. The van der Waals surface area contributed by atoms with Gasteiger partial charge < -0.3 is 30.9 Å². The van der Waals surface area contributed by atoms with Gasteiger partial charge in [-0.25, -0.2) is 4.79 Å². The minimum Gasteiger partial charge on any atom is -0.484 e. The fourth-order valence-corrected chi connectivity index (χ4v) is 4.82. The molecule has 40 heavy (non-hydrogen) atoms. The van der Waals surface area contributed by atoms with Crippen LogP contribution in [0, 0.1) is 11.3 Å². The number of hydrogen-bond acceptors (Lipinski definition) is 6. The molecule has 1 aliphatic rings. The second-order valence-corrected chi connectivity index (χ2v) is 10.4. The molecule has 2 aromatic carbocycles. The minimum atomic E-state index is -1.49. The zero-order valence-electron chi connectivity index (χ0n) is 23.0. The van der Waals surface area contributed by atoms with Gasteiger partial charge in [-0.3, -0.25) is 14.4 Å². The van der Waals surface area contributed by atoms with E-state index >= 15 is 0 Å². The van der Waals surface area contributed by atoms with E-state index in [1.165, 1.54) is 0 Å². The average molecular weight is 554 g/mol. The lowest BCUT2D eigenvalue weighted by Gasteiger charge is -2.28. The molecule has 1 fully saturated rings. The number of para-hydroxylation sites is 1. The van der Waals surface area contributed by atoms with Crippen molar-refractivity contribution in [2.75, 3.05) is 13.2 Å². The van der Waals surface area contributed by atoms with Crippen molar-refractivity contribution in [2.45, 2.75) is 64.1 Å². The van der Waals surface area contributed by atoms with Crippen molar-refractivity contribution in [3.8, 4) is 5.75 Å². The summed E-state index contributed by atoms with van der Waals surface area (Å²) in [5.41, 5.74) is 0.159. The van der Waals surface area contributed by atoms with Gasteiger partial charge in [-0.15, -0.1) is 0 Å². The van der Waals surface area contributed by atoms with Gasteiger partial charge in [0.15, 0.2) is 6.61 Å². The number of benzene rings is 2. The number of nitrogens with one attached hydrogen (secondary N) is 3. The molecule has 3 amide bonds. The van der Waals surface area contributed by atoms with Gasteiger partial charge in [0.25, 0.3) is 5.91 Å². The Balaban J connectivity index is 1.64. The molecule has 216 valence electrons. The highest BCUT2D eigenvalue weighted by Gasteiger charge is 2.58. The fraction of sp³-hybridized carbons (Fsp3) is 0.467. The van der Waals surface area contributed by atoms with Crippen LogP contribution in [0.3, 0.4) is 0 Å². The molecule has 0 aliphatic heterocycles. The Morgan fingerprint density at radius 3 is 2.20 bits per heavy atom. The van der Waals surface area contributed by atoms with Crippen LogP contribution in [-0.2, 0) is 25.6 Å². The van der Waals surface area contributed by atoms with Gasteiger partial charge in [0.05, 0.1) is 24.0 Å². The summed E-state index contributed by atoms with van der Waals surface area (Å²) in [6.07, 6.45) is 0.289. The number of ether oxygens (including phenoxy) is 1. The second kappa shape index (κ2) is 14.5. The van der Waals surface area contributed by atoms with Gasteiger partial charge in [-0.1, -0.05) is 62.4 Å². The molecule has 0 spiro atoms. The van der Waals surface area contributed by atoms with Crippen LogP contribution < -0.4 is 20.7 Å². The Kier molecular flexibility index (Phi) is 11.1. The number of aliphatic hydroxyl groups is 1. The van der Waals surface area contributed by atoms with Crippen molar-refractivity contribution in [1.82, 2.24) is 16.0 Å². The summed E-state index contributed by atoms with van der Waals surface area (Å²) in [7, 11) is 0. The molecule has 10 nitrogen and oxygen atoms in total. The Morgan fingerprint density at radius 1 is 1.00 bits per heavy atom. The maximum absolute atomic E-state index is 13.0. The first-order chi connectivity index (χ1) is 19.1. The van der Waals surface area contributed by atoms with Crippen LogP contribution in [0.5, 0.6) is 5.75 Å². The summed E-state index contributed by atoms with van der Waals surface area (Å²) in [6, 6.07) is 15.6. The molecule has 1 aliphatic carbocycles. The molecule has 0 bridgehead atoms. The van der Waals surface area contributed by atoms with E-state index in [0.717, 1.165) is 12.0 Å². The van der Waals surface area contributed by atoms with E-state index in [2.05, 4.69) is 16.0 Å². The highest BCUT2D eigenvalue weighted by atomic mass is 16.5. The normalized spacial score (nSPS) is 19.9. The zero-order valence-corrected chi connectivity index (χ0v) is 23.0. The Labute approximate surface area is 234 Å². The van der Waals surface area contributed by atoms with E-state index < -0.39 is 54.4 Å². The lowest BCUT2D eigenvalue weighted by atomic mass is 9.89. The van der Waals surface area contributed by atoms with Gasteiger partial charge in [0.2, 0.25) is 11.8 Å². The molecule has 0 heterocycles. The van der Waals surface area contributed by atoms with Crippen molar-refractivity contribution in [1.29, 1.82) is 0 Å². The monoisotopic (exact) mass is 553 g/mol. The van der Waals surface area contributed by atoms with Crippen molar-refractivity contribution in [3.05, 3.63) is 66.2 Å². The first-order valence-corrected chi connectivity index (χ1v) is 13.6. The summed E-state index contributed by atoms with van der Waals surface area (Å²) in [6.45, 7) is 4.06. The maximum Gasteiger partial charge on any atom is 0.326 e. The number of carboxylic acids is 1. The van der Waals surface area contributed by atoms with E-state index in [1.807, 2.05) is 44.2 Å². The number of carbonyl (C=O) groups is 4. The molecule has 0 aromatic heterocycles. The molecule has 0 radical (unpaired) electrons. The van der Waals surface area contributed by atoms with Gasteiger partial charge in [-0.05, 0) is 49.3 Å². The van der Waals surface area contributed by atoms with Crippen LogP contribution in [0.1, 0.15) is 45.1 Å². The van der Waals surface area contributed by atoms with Crippen LogP contribution in [0.4, 0.5) is 0 Å². The predicted molar refractivity (Wildman–Crippen MR) is 148 cm³/mol. The van der Waals surface area contributed by atoms with Crippen molar-refractivity contribution in [3.63, 3.8) is 0 Å². The lowest BCUT2D eigenvalue weighted by Crippen LogP contribution is -2.50. The first kappa shape index (κ1) is 30.6. The Morgan fingerprint density at radius 2 is 1.62 bits per heavy atom. The standard InChI is InChI=1S/C30H39N3O7/c1-3-14-31-29(39)30(17-20(30)2)18-25(34)23(15-21-10-6-4-7-11-21)32-26(35)16-24(28(37)38)33-27(36)19-40-22-12-8-5-9-13-22/h4-13,20,23-25,34H,3,14-19H2,1-2H3,(H,31,39)(H,32,35)(H,33,36)(H,37,38)/t20-,23+,24+,25+,30?/m1/s1. The van der Waals surface area contributed by atoms with Crippen LogP contribution >= 0.6 is 0 Å². The van der Waals surface area contributed by atoms with Crippen molar-refractivity contribution in [2.24, 2.45) is 11.3 Å². The average Bonchev–Trinajstić information content (AvgIpc) is 3.60. The van der Waals surface area contributed by atoms with Crippen LogP contribution in [0.15, 0.2) is 60.7 Å². The molecule has 1 saturated carbocycles. The molecule has 0 saturated heterocycles. The van der Waals surface area contributed by atoms with E-state index in [-0.39, 0.29) is 24.7 Å². The van der Waals surface area contributed by atoms with Crippen LogP contribution in [0.2, 0.25) is 0 Å². The number of amides is 3. The van der Waals surface area contributed by atoms with E-state index in [4.69, 9.17) is 4.74 Å². The topological polar surface area (TPSA) is 154 Å². The van der Waals surface area contributed by atoms with Gasteiger partial charge in [0, 0.05) is 6.54 Å². The van der Waals surface area contributed by atoms with Crippen LogP contribution in [-0.4, -0.2) is 65.2 Å². The highest BCUT2D eigenvalue weighted by molar-refractivity contribution is 5.89. The van der Waals surface area contributed by atoms with Crippen molar-refractivity contribution >= 4 is 23.7 Å². The molecule has 3 rings (SSSR count). The molecule has 2 aromatic rings. The van der Waals surface area contributed by atoms with E-state index in [1.54, 1.807) is 30.3 Å². The number of rotatable bonds is 16. The quantitative estimate of drug-likeness (QED) is 0.213. The van der Waals surface area contributed by atoms with Gasteiger partial charge in [0.1, 0.15) is 11.8 Å². The highest BCUT2D eigenvalue weighted by Crippen LogP contribution is 2.56. The third kappa shape index (κ3) is 8.81. The minimum absolute atomic E-state index is 0.0943. The fourth-order valence-electron chi connectivity index (χ4n) is 4.82. The molecule has 5 N–H and O–H groups in total. The predicted octanol–water partition coefficient (Wildman–Crippen LogP) is 2.06. The number of carbonyl (C=O) groups excluding carboxylic acids is 3. The van der Waals surface area contributed by atoms with E-state index in [9.17, 15) is 29.4 Å². The van der Waals surface area contributed by atoms with Crippen molar-refractivity contribution < 1.29 is 34.1 Å². The summed E-state index contributed by atoms with van der Waals surface area (Å²) in [4.78, 5) is 50.0. The smallest absolute Gasteiger partial charge is 0.326 e. The summed E-state index contributed by atoms with van der Waals surface area (Å²) in [5.74, 6) is -2.26. The largest absolute Gasteiger partial charge is 0.484 e. The third-order valence-electron chi connectivity index (χ3n) is 7.26. The number of aliphatic hydroxyl groups excluding tert-OH is 1. The third-order valence-corrected chi connectivity index (χ3v) is 7.26. The summed E-state index contributed by atoms with van der Waals surface area (Å²) in [5, 5.41) is 28.9. The zero-order chi connectivity index (χ0) is 29.1. The summed E-state index contributed by atoms with van der Waals surface area (Å²) < 4.78 is 5.35. The Bertz CT molecular complexity index is 1140. The lowest BCUT2D eigenvalue weighted by molar-refractivity contribution is -0.144. The molecule has 5 atom stereocenters. The van der Waals surface area contributed by atoms with Gasteiger partial charge >= 0.3 is 5.97 Å². The maximum atomic E-state index is 13.0. The van der Waals surface area contributed by atoms with Crippen LogP contribution in [0.25, 0.3) is 0 Å². The molecular weight excluding hydrogens is 514 g/mol. The number of carboxylic acid groups (broad SMARTS) is 1. The van der Waals surface area contributed by atoms with E-state index in [0.29, 0.717) is 18.7 Å². The molecular formula is C30H39N3O7. The number of hydrogen-bond donors (Lipinski definition) is 5. The molecule has 10 heteroatoms.